The van der Waals surface area contributed by atoms with E-state index in [0.29, 0.717) is 33.0 Å². The van der Waals surface area contributed by atoms with Crippen LogP contribution in [0.25, 0.3) is 0 Å². The monoisotopic (exact) mass is 323 g/mol. The lowest BCUT2D eigenvalue weighted by atomic mass is 10.2. The zero-order valence-electron chi connectivity index (χ0n) is 14.4. The van der Waals surface area contributed by atoms with Gasteiger partial charge in [-0.3, -0.25) is 9.78 Å². The molecule has 1 heterocycles. The van der Waals surface area contributed by atoms with Gasteiger partial charge in [-0.25, -0.2) is 0 Å². The fourth-order valence-corrected chi connectivity index (χ4v) is 1.76. The summed E-state index contributed by atoms with van der Waals surface area (Å²) in [6.45, 7) is 10.3. The number of amides is 1. The topological polar surface area (TPSA) is 72.5 Å². The molecule has 0 aromatic carbocycles. The van der Waals surface area contributed by atoms with Crippen LogP contribution in [0.3, 0.4) is 0 Å². The smallest absolute Gasteiger partial charge is 0.222 e. The van der Waals surface area contributed by atoms with E-state index < -0.39 is 0 Å². The first kappa shape index (κ1) is 19.5. The second-order valence-electron chi connectivity index (χ2n) is 5.56. The summed E-state index contributed by atoms with van der Waals surface area (Å²) >= 11 is 0. The Balaban J connectivity index is 2.13. The maximum atomic E-state index is 11.4. The number of rotatable bonds is 12. The highest BCUT2D eigenvalue weighted by Gasteiger charge is 2.04. The number of nitrogens with zero attached hydrogens (tertiary/aromatic N) is 1. The van der Waals surface area contributed by atoms with Gasteiger partial charge in [0.25, 0.3) is 0 Å². The van der Waals surface area contributed by atoms with E-state index in [1.54, 1.807) is 0 Å². The number of hydrogen-bond acceptors (Lipinski definition) is 5. The van der Waals surface area contributed by atoms with Crippen molar-refractivity contribution in [3.05, 3.63) is 29.6 Å². The predicted molar refractivity (Wildman–Crippen MR) is 89.9 cm³/mol. The van der Waals surface area contributed by atoms with Crippen molar-refractivity contribution in [2.45, 2.75) is 34.0 Å². The Morgan fingerprint density at radius 1 is 1.17 bits per heavy atom. The zero-order chi connectivity index (χ0) is 16.9. The summed E-state index contributed by atoms with van der Waals surface area (Å²) in [5, 5.41) is 6.02. The first-order chi connectivity index (χ1) is 11.1. The van der Waals surface area contributed by atoms with Crippen LogP contribution in [0.2, 0.25) is 0 Å². The number of carbonyl (C=O) groups excluding carboxylic acids is 1. The fourth-order valence-electron chi connectivity index (χ4n) is 1.76. The quantitative estimate of drug-likeness (QED) is 0.570. The first-order valence-corrected chi connectivity index (χ1v) is 8.21. The predicted octanol–water partition coefficient (Wildman–Crippen LogP) is 1.50. The number of aromatic nitrogens is 1. The van der Waals surface area contributed by atoms with Crippen molar-refractivity contribution in [3.8, 4) is 0 Å². The lowest BCUT2D eigenvalue weighted by Gasteiger charge is -2.08. The van der Waals surface area contributed by atoms with Gasteiger partial charge in [-0.1, -0.05) is 26.8 Å². The molecule has 1 aromatic heterocycles. The third kappa shape index (κ3) is 9.28. The van der Waals surface area contributed by atoms with E-state index in [4.69, 9.17) is 9.47 Å². The van der Waals surface area contributed by atoms with Gasteiger partial charge in [-0.2, -0.15) is 0 Å². The summed E-state index contributed by atoms with van der Waals surface area (Å²) < 4.78 is 11.0. The van der Waals surface area contributed by atoms with Gasteiger partial charge in [0, 0.05) is 25.2 Å². The second-order valence-corrected chi connectivity index (χ2v) is 5.56. The Bertz CT molecular complexity index is 435. The van der Waals surface area contributed by atoms with E-state index in [-0.39, 0.29) is 11.8 Å². The van der Waals surface area contributed by atoms with E-state index in [2.05, 4.69) is 22.5 Å². The molecule has 2 N–H and O–H groups in total. The van der Waals surface area contributed by atoms with E-state index in [1.807, 2.05) is 32.2 Å². The largest absolute Gasteiger partial charge is 0.375 e. The Labute approximate surface area is 139 Å². The van der Waals surface area contributed by atoms with Gasteiger partial charge >= 0.3 is 0 Å². The lowest BCUT2D eigenvalue weighted by molar-refractivity contribution is -0.124. The van der Waals surface area contributed by atoms with Crippen LogP contribution in [0.1, 0.15) is 32.0 Å². The average molecular weight is 323 g/mol. The molecule has 0 atom stereocenters. The highest BCUT2D eigenvalue weighted by atomic mass is 16.5. The Morgan fingerprint density at radius 2 is 1.91 bits per heavy atom. The summed E-state index contributed by atoms with van der Waals surface area (Å²) in [4.78, 5) is 15.7. The van der Waals surface area contributed by atoms with Crippen molar-refractivity contribution in [2.24, 2.45) is 5.92 Å². The summed E-state index contributed by atoms with van der Waals surface area (Å²) in [6.07, 6.45) is 1.81. The SMILES string of the molecule is CCNCCOCc1ccc(COCCNC(=O)C(C)C)nc1. The molecule has 0 aliphatic rings. The van der Waals surface area contributed by atoms with E-state index in [9.17, 15) is 4.79 Å². The average Bonchev–Trinajstić information content (AvgIpc) is 2.55. The molecule has 0 aliphatic heterocycles. The minimum Gasteiger partial charge on any atom is -0.375 e. The molecule has 6 nitrogen and oxygen atoms in total. The normalized spacial score (nSPS) is 11.0. The van der Waals surface area contributed by atoms with Crippen LogP contribution < -0.4 is 10.6 Å². The summed E-state index contributed by atoms with van der Waals surface area (Å²) in [7, 11) is 0. The van der Waals surface area contributed by atoms with Gasteiger partial charge < -0.3 is 20.1 Å². The molecule has 0 radical (unpaired) electrons. The van der Waals surface area contributed by atoms with Crippen molar-refractivity contribution in [1.82, 2.24) is 15.6 Å². The molecule has 0 bridgehead atoms. The van der Waals surface area contributed by atoms with Crippen LogP contribution in [0.15, 0.2) is 18.3 Å². The molecule has 6 heteroatoms. The molecule has 0 spiro atoms. The molecule has 0 saturated carbocycles. The standard InChI is InChI=1S/C17H29N3O3/c1-4-18-7-9-22-12-15-5-6-16(20-11-15)13-23-10-8-19-17(21)14(2)3/h5-6,11,14,18H,4,7-10,12-13H2,1-3H3,(H,19,21). The minimum atomic E-state index is 0.00387. The van der Waals surface area contributed by atoms with Crippen LogP contribution >= 0.6 is 0 Å². The van der Waals surface area contributed by atoms with Crippen LogP contribution in [-0.4, -0.2) is 43.7 Å². The molecule has 1 amide bonds. The van der Waals surface area contributed by atoms with Crippen LogP contribution in [0.4, 0.5) is 0 Å². The van der Waals surface area contributed by atoms with Gasteiger partial charge in [-0.15, -0.1) is 0 Å². The van der Waals surface area contributed by atoms with Crippen LogP contribution in [-0.2, 0) is 27.5 Å². The summed E-state index contributed by atoms with van der Waals surface area (Å²) in [5.41, 5.74) is 1.92. The molecule has 0 aliphatic carbocycles. The molecular formula is C17H29N3O3. The highest BCUT2D eigenvalue weighted by molar-refractivity contribution is 5.77. The Morgan fingerprint density at radius 3 is 2.57 bits per heavy atom. The fraction of sp³-hybridized carbons (Fsp3) is 0.647. The zero-order valence-corrected chi connectivity index (χ0v) is 14.4. The lowest BCUT2D eigenvalue weighted by Crippen LogP contribution is -2.30. The molecule has 1 rings (SSSR count). The summed E-state index contributed by atoms with van der Waals surface area (Å²) in [6, 6.07) is 3.94. The third-order valence-electron chi connectivity index (χ3n) is 3.15. The second kappa shape index (κ2) is 12.0. The Hall–Kier alpha value is -1.50. The maximum Gasteiger partial charge on any atom is 0.222 e. The molecule has 0 saturated heterocycles. The van der Waals surface area contributed by atoms with Gasteiger partial charge in [0.2, 0.25) is 5.91 Å². The van der Waals surface area contributed by atoms with E-state index in [0.717, 1.165) is 24.3 Å². The van der Waals surface area contributed by atoms with Crippen molar-refractivity contribution in [3.63, 3.8) is 0 Å². The minimum absolute atomic E-state index is 0.00387. The number of pyridine rings is 1. The first-order valence-electron chi connectivity index (χ1n) is 8.21. The number of hydrogen-bond donors (Lipinski definition) is 2. The molecule has 1 aromatic rings. The van der Waals surface area contributed by atoms with E-state index >= 15 is 0 Å². The maximum absolute atomic E-state index is 11.4. The number of carbonyl (C=O) groups is 1. The van der Waals surface area contributed by atoms with Crippen molar-refractivity contribution >= 4 is 5.91 Å². The van der Waals surface area contributed by atoms with E-state index in [1.165, 1.54) is 0 Å². The van der Waals surface area contributed by atoms with Crippen molar-refractivity contribution in [1.29, 1.82) is 0 Å². The number of likely N-dealkylation sites (N-methyl/N-ethyl adjacent to an activating group) is 1. The number of nitrogens with one attached hydrogen (secondary N) is 2. The molecule has 0 unspecified atom stereocenters. The third-order valence-corrected chi connectivity index (χ3v) is 3.15. The molecule has 23 heavy (non-hydrogen) atoms. The van der Waals surface area contributed by atoms with Gasteiger partial charge in [-0.05, 0) is 18.2 Å². The van der Waals surface area contributed by atoms with Gasteiger partial charge in [0.05, 0.1) is 32.1 Å². The van der Waals surface area contributed by atoms with Gasteiger partial charge in [0.1, 0.15) is 0 Å². The highest BCUT2D eigenvalue weighted by Crippen LogP contribution is 2.03. The molecule has 130 valence electrons. The van der Waals surface area contributed by atoms with Crippen molar-refractivity contribution in [2.75, 3.05) is 32.8 Å². The molecule has 0 fully saturated rings. The van der Waals surface area contributed by atoms with Crippen molar-refractivity contribution < 1.29 is 14.3 Å². The van der Waals surface area contributed by atoms with Crippen LogP contribution in [0, 0.1) is 5.92 Å². The molecular weight excluding hydrogens is 294 g/mol. The van der Waals surface area contributed by atoms with Crippen LogP contribution in [0.5, 0.6) is 0 Å². The number of ether oxygens (including phenoxy) is 2. The Kier molecular flexibility index (Phi) is 10.2. The summed E-state index contributed by atoms with van der Waals surface area (Å²) in [5.74, 6) is 0.0504. The van der Waals surface area contributed by atoms with Gasteiger partial charge in [0.15, 0.2) is 0 Å².